The molecule has 0 atom stereocenters. The summed E-state index contributed by atoms with van der Waals surface area (Å²) in [4.78, 5) is 18.1. The van der Waals surface area contributed by atoms with Crippen molar-refractivity contribution in [2.75, 3.05) is 20.3 Å². The predicted octanol–water partition coefficient (Wildman–Crippen LogP) is 3.88. The molecule has 1 saturated carbocycles. The maximum Gasteiger partial charge on any atom is 0.253 e. The second-order valence-electron chi connectivity index (χ2n) is 7.66. The van der Waals surface area contributed by atoms with E-state index in [4.69, 9.17) is 17.0 Å². The molecule has 5 nitrogen and oxygen atoms in total. The van der Waals surface area contributed by atoms with E-state index >= 15 is 0 Å². The molecule has 2 aromatic rings. The molecule has 1 aliphatic carbocycles. The number of nitrogens with zero attached hydrogens (tertiary/aromatic N) is 1. The van der Waals surface area contributed by atoms with Crippen molar-refractivity contribution >= 4 is 28.2 Å². The van der Waals surface area contributed by atoms with Crippen molar-refractivity contribution in [3.63, 3.8) is 0 Å². The average Bonchev–Trinajstić information content (AvgIpc) is 2.71. The largest absolute Gasteiger partial charge is 0.385 e. The Hall–Kier alpha value is -1.92. The Labute approximate surface area is 172 Å². The third kappa shape index (κ3) is 5.11. The minimum Gasteiger partial charge on any atom is -0.385 e. The highest BCUT2D eigenvalue weighted by atomic mass is 32.1. The van der Waals surface area contributed by atoms with Gasteiger partial charge in [-0.15, -0.1) is 0 Å². The normalized spacial score (nSPS) is 14.9. The van der Waals surface area contributed by atoms with E-state index < -0.39 is 0 Å². The highest BCUT2D eigenvalue weighted by molar-refractivity contribution is 7.80. The fourth-order valence-electron chi connectivity index (χ4n) is 4.00. The molecule has 3 rings (SSSR count). The summed E-state index contributed by atoms with van der Waals surface area (Å²) in [6.07, 6.45) is 6.90. The van der Waals surface area contributed by atoms with Crippen LogP contribution in [0.15, 0.2) is 29.1 Å². The quantitative estimate of drug-likeness (QED) is 0.545. The van der Waals surface area contributed by atoms with Crippen LogP contribution >= 0.6 is 12.2 Å². The lowest BCUT2D eigenvalue weighted by Gasteiger charge is -2.36. The van der Waals surface area contributed by atoms with Crippen molar-refractivity contribution in [1.82, 2.24) is 15.2 Å². The van der Waals surface area contributed by atoms with Gasteiger partial charge < -0.3 is 19.9 Å². The maximum atomic E-state index is 12.8. The van der Waals surface area contributed by atoms with Crippen LogP contribution in [-0.2, 0) is 11.3 Å². The number of hydrogen-bond acceptors (Lipinski definition) is 3. The molecule has 0 aliphatic heterocycles. The van der Waals surface area contributed by atoms with Crippen molar-refractivity contribution in [2.45, 2.75) is 58.0 Å². The Morgan fingerprint density at radius 1 is 1.32 bits per heavy atom. The first kappa shape index (κ1) is 20.8. The van der Waals surface area contributed by atoms with E-state index in [9.17, 15) is 4.79 Å². The van der Waals surface area contributed by atoms with Gasteiger partial charge in [-0.25, -0.2) is 0 Å². The van der Waals surface area contributed by atoms with Gasteiger partial charge in [-0.1, -0.05) is 37.5 Å². The topological polar surface area (TPSA) is 57.4 Å². The van der Waals surface area contributed by atoms with Gasteiger partial charge in [0.15, 0.2) is 5.11 Å². The number of benzene rings is 1. The minimum atomic E-state index is -0.0233. The summed E-state index contributed by atoms with van der Waals surface area (Å²) < 4.78 is 5.12. The standard InChI is InChI=1S/C22H31N3O2S/c1-16-8-6-9-17-14-18(21(26)24-20(16)17)15-25(19-10-4-3-5-11-19)22(28)23-12-7-13-27-2/h6,8-9,14,19H,3-5,7,10-13,15H2,1-2H3,(H,23,28)(H,24,26). The predicted molar refractivity (Wildman–Crippen MR) is 119 cm³/mol. The Morgan fingerprint density at radius 3 is 2.86 bits per heavy atom. The van der Waals surface area contributed by atoms with Gasteiger partial charge in [-0.3, -0.25) is 4.79 Å². The molecule has 0 unspecified atom stereocenters. The maximum absolute atomic E-state index is 12.8. The Balaban J connectivity index is 1.82. The van der Waals surface area contributed by atoms with E-state index in [-0.39, 0.29) is 5.56 Å². The van der Waals surface area contributed by atoms with Crippen LogP contribution in [0.4, 0.5) is 0 Å². The molecule has 6 heteroatoms. The molecule has 0 radical (unpaired) electrons. The van der Waals surface area contributed by atoms with Gasteiger partial charge in [-0.05, 0) is 55.4 Å². The monoisotopic (exact) mass is 401 g/mol. The summed E-state index contributed by atoms with van der Waals surface area (Å²) >= 11 is 5.73. The lowest BCUT2D eigenvalue weighted by Crippen LogP contribution is -2.47. The molecule has 0 bridgehead atoms. The second kappa shape index (κ2) is 10.0. The van der Waals surface area contributed by atoms with Crippen LogP contribution in [0.1, 0.15) is 49.7 Å². The first-order valence-electron chi connectivity index (χ1n) is 10.2. The number of pyridine rings is 1. The first-order valence-corrected chi connectivity index (χ1v) is 10.7. The second-order valence-corrected chi connectivity index (χ2v) is 8.05. The lowest BCUT2D eigenvalue weighted by molar-refractivity contribution is 0.194. The molecular formula is C22H31N3O2S. The van der Waals surface area contributed by atoms with Crippen LogP contribution in [0.2, 0.25) is 0 Å². The molecule has 1 fully saturated rings. The third-order valence-electron chi connectivity index (χ3n) is 5.58. The van der Waals surface area contributed by atoms with E-state index in [0.29, 0.717) is 19.2 Å². The molecule has 2 N–H and O–H groups in total. The highest BCUT2D eigenvalue weighted by Crippen LogP contribution is 2.24. The molecule has 0 spiro atoms. The lowest BCUT2D eigenvalue weighted by atomic mass is 9.94. The number of methoxy groups -OCH3 is 1. The van der Waals surface area contributed by atoms with Gasteiger partial charge in [0.25, 0.3) is 5.56 Å². The van der Waals surface area contributed by atoms with Gasteiger partial charge >= 0.3 is 0 Å². The van der Waals surface area contributed by atoms with Crippen molar-refractivity contribution in [1.29, 1.82) is 0 Å². The van der Waals surface area contributed by atoms with Crippen molar-refractivity contribution in [3.8, 4) is 0 Å². The van der Waals surface area contributed by atoms with Gasteiger partial charge in [0.2, 0.25) is 0 Å². The first-order chi connectivity index (χ1) is 13.6. The number of rotatable bonds is 7. The van der Waals surface area contributed by atoms with Gasteiger partial charge in [0.05, 0.1) is 12.1 Å². The van der Waals surface area contributed by atoms with Crippen molar-refractivity contribution in [2.24, 2.45) is 0 Å². The molecule has 1 aromatic carbocycles. The summed E-state index contributed by atoms with van der Waals surface area (Å²) in [5.41, 5.74) is 2.75. The van der Waals surface area contributed by atoms with Crippen LogP contribution < -0.4 is 10.9 Å². The molecule has 0 saturated heterocycles. The molecule has 1 aromatic heterocycles. The van der Waals surface area contributed by atoms with Crippen LogP contribution in [-0.4, -0.2) is 41.3 Å². The summed E-state index contributed by atoms with van der Waals surface area (Å²) in [6, 6.07) is 8.51. The summed E-state index contributed by atoms with van der Waals surface area (Å²) in [5, 5.41) is 5.18. The van der Waals surface area contributed by atoms with E-state index in [1.165, 1.54) is 19.3 Å². The number of H-pyrrole nitrogens is 1. The van der Waals surface area contributed by atoms with Crippen molar-refractivity contribution in [3.05, 3.63) is 45.7 Å². The number of thiocarbonyl (C=S) groups is 1. The van der Waals surface area contributed by atoms with Crippen LogP contribution in [0.25, 0.3) is 10.9 Å². The van der Waals surface area contributed by atoms with Gasteiger partial charge in [0, 0.05) is 31.9 Å². The zero-order valence-corrected chi connectivity index (χ0v) is 17.7. The smallest absolute Gasteiger partial charge is 0.253 e. The fraction of sp³-hybridized carbons (Fsp3) is 0.545. The highest BCUT2D eigenvalue weighted by Gasteiger charge is 2.24. The van der Waals surface area contributed by atoms with E-state index in [0.717, 1.165) is 52.9 Å². The average molecular weight is 402 g/mol. The number of hydrogen-bond donors (Lipinski definition) is 2. The van der Waals surface area contributed by atoms with E-state index in [2.05, 4.69) is 15.2 Å². The number of nitrogens with one attached hydrogen (secondary N) is 2. The number of para-hydroxylation sites is 1. The Bertz CT molecular complexity index is 858. The molecule has 1 aliphatic rings. The SMILES string of the molecule is COCCCNC(=S)N(Cc1cc2cccc(C)c2[nH]c1=O)C1CCCCC1. The Kier molecular flexibility index (Phi) is 7.45. The fourth-order valence-corrected chi connectivity index (χ4v) is 4.32. The summed E-state index contributed by atoms with van der Waals surface area (Å²) in [7, 11) is 1.71. The Morgan fingerprint density at radius 2 is 2.11 bits per heavy atom. The molecule has 152 valence electrons. The van der Waals surface area contributed by atoms with E-state index in [1.807, 2.05) is 31.2 Å². The van der Waals surface area contributed by atoms with Crippen LogP contribution in [0.5, 0.6) is 0 Å². The number of aryl methyl sites for hydroxylation is 1. The number of fused-ring (bicyclic) bond motifs is 1. The summed E-state index contributed by atoms with van der Waals surface area (Å²) in [6.45, 7) is 4.05. The van der Waals surface area contributed by atoms with Gasteiger partial charge in [-0.2, -0.15) is 0 Å². The van der Waals surface area contributed by atoms with Gasteiger partial charge in [0.1, 0.15) is 0 Å². The number of aromatic amines is 1. The number of ether oxygens (including phenoxy) is 1. The third-order valence-corrected chi connectivity index (χ3v) is 5.96. The molecule has 1 heterocycles. The van der Waals surface area contributed by atoms with Crippen LogP contribution in [0.3, 0.4) is 0 Å². The zero-order valence-electron chi connectivity index (χ0n) is 16.9. The molecular weight excluding hydrogens is 370 g/mol. The number of aromatic nitrogens is 1. The minimum absolute atomic E-state index is 0.0233. The zero-order chi connectivity index (χ0) is 19.9. The summed E-state index contributed by atoms with van der Waals surface area (Å²) in [5.74, 6) is 0. The molecule has 28 heavy (non-hydrogen) atoms. The van der Waals surface area contributed by atoms with E-state index in [1.54, 1.807) is 7.11 Å². The molecule has 0 amide bonds. The van der Waals surface area contributed by atoms with Crippen molar-refractivity contribution < 1.29 is 4.74 Å². The van der Waals surface area contributed by atoms with Crippen LogP contribution in [0, 0.1) is 6.92 Å².